The number of nitrogens with one attached hydrogen (secondary N) is 1. The molecule has 0 amide bonds. The summed E-state index contributed by atoms with van der Waals surface area (Å²) in [5.41, 5.74) is 2.52. The van der Waals surface area contributed by atoms with Gasteiger partial charge in [-0.3, -0.25) is 0 Å². The van der Waals surface area contributed by atoms with Gasteiger partial charge in [-0.25, -0.2) is 0 Å². The summed E-state index contributed by atoms with van der Waals surface area (Å²) in [6.07, 6.45) is 1.95. The molecule has 90 valence electrons. The van der Waals surface area contributed by atoms with Gasteiger partial charge in [-0.2, -0.15) is 0 Å². The second-order valence-corrected chi connectivity index (χ2v) is 4.03. The summed E-state index contributed by atoms with van der Waals surface area (Å²) in [4.78, 5) is 0. The Morgan fingerprint density at radius 2 is 2.24 bits per heavy atom. The lowest BCUT2D eigenvalue weighted by molar-refractivity contribution is 0.201. The normalized spacial score (nSPS) is 10.8. The van der Waals surface area contributed by atoms with E-state index in [2.05, 4.69) is 0 Å². The molecule has 2 N–H and O–H groups in total. The van der Waals surface area contributed by atoms with Gasteiger partial charge in [0, 0.05) is 35.4 Å². The lowest BCUT2D eigenvalue weighted by atomic mass is 10.1. The number of hydrogen-bond donors (Lipinski definition) is 2. The SMILES string of the molecule is CC(=N)c1cn(C)c2ccc(OCCO)cc12. The molecule has 0 fully saturated rings. The van der Waals surface area contributed by atoms with Crippen molar-refractivity contribution in [2.45, 2.75) is 6.92 Å². The molecular formula is C13H16N2O2. The zero-order valence-electron chi connectivity index (χ0n) is 10.0. The van der Waals surface area contributed by atoms with Crippen molar-refractivity contribution in [2.75, 3.05) is 13.2 Å². The van der Waals surface area contributed by atoms with Crippen molar-refractivity contribution in [2.24, 2.45) is 7.05 Å². The van der Waals surface area contributed by atoms with E-state index in [1.54, 1.807) is 6.92 Å². The number of hydrogen-bond acceptors (Lipinski definition) is 3. The lowest BCUT2D eigenvalue weighted by Crippen LogP contribution is -2.01. The van der Waals surface area contributed by atoms with Crippen LogP contribution in [0.15, 0.2) is 24.4 Å². The van der Waals surface area contributed by atoms with Crippen LogP contribution in [0, 0.1) is 5.41 Å². The van der Waals surface area contributed by atoms with Gasteiger partial charge in [0.25, 0.3) is 0 Å². The molecule has 0 aliphatic rings. The number of aryl methyl sites for hydroxylation is 1. The van der Waals surface area contributed by atoms with Crippen LogP contribution in [-0.4, -0.2) is 28.6 Å². The molecule has 17 heavy (non-hydrogen) atoms. The quantitative estimate of drug-likeness (QED) is 0.791. The Labute approximate surface area is 100.0 Å². The van der Waals surface area contributed by atoms with Crippen molar-refractivity contribution >= 4 is 16.6 Å². The van der Waals surface area contributed by atoms with Gasteiger partial charge < -0.3 is 19.8 Å². The van der Waals surface area contributed by atoms with Crippen molar-refractivity contribution in [3.63, 3.8) is 0 Å². The van der Waals surface area contributed by atoms with Gasteiger partial charge in [-0.05, 0) is 25.1 Å². The fourth-order valence-corrected chi connectivity index (χ4v) is 1.92. The summed E-state index contributed by atoms with van der Waals surface area (Å²) in [7, 11) is 1.96. The predicted octanol–water partition coefficient (Wildman–Crippen LogP) is 1.94. The largest absolute Gasteiger partial charge is 0.491 e. The third kappa shape index (κ3) is 2.17. The van der Waals surface area contributed by atoms with Gasteiger partial charge in [-0.15, -0.1) is 0 Å². The van der Waals surface area contributed by atoms with Crippen LogP contribution in [0.3, 0.4) is 0 Å². The molecule has 1 aromatic heterocycles. The smallest absolute Gasteiger partial charge is 0.120 e. The molecule has 0 aliphatic carbocycles. The standard InChI is InChI=1S/C13H16N2O2/c1-9(14)12-8-15(2)13-4-3-10(7-11(12)13)17-6-5-16/h3-4,7-8,14,16H,5-6H2,1-2H3. The molecule has 4 heteroatoms. The highest BCUT2D eigenvalue weighted by Gasteiger charge is 2.09. The summed E-state index contributed by atoms with van der Waals surface area (Å²) in [5.74, 6) is 0.722. The first-order valence-corrected chi connectivity index (χ1v) is 5.51. The summed E-state index contributed by atoms with van der Waals surface area (Å²) in [5, 5.41) is 17.5. The van der Waals surface area contributed by atoms with Crippen molar-refractivity contribution in [1.82, 2.24) is 4.57 Å². The Kier molecular flexibility index (Phi) is 3.15. The maximum Gasteiger partial charge on any atom is 0.120 e. The summed E-state index contributed by atoms with van der Waals surface area (Å²) in [6.45, 7) is 2.07. The van der Waals surface area contributed by atoms with Crippen molar-refractivity contribution in [3.05, 3.63) is 30.0 Å². The molecular weight excluding hydrogens is 216 g/mol. The number of aromatic nitrogens is 1. The molecule has 2 aromatic rings. The summed E-state index contributed by atoms with van der Waals surface area (Å²) >= 11 is 0. The Morgan fingerprint density at radius 3 is 2.88 bits per heavy atom. The number of aliphatic hydroxyl groups excluding tert-OH is 1. The average Bonchev–Trinajstić information content (AvgIpc) is 2.64. The Balaban J connectivity index is 2.50. The second kappa shape index (κ2) is 4.59. The molecule has 4 nitrogen and oxygen atoms in total. The average molecular weight is 232 g/mol. The number of benzene rings is 1. The maximum absolute atomic E-state index is 8.72. The van der Waals surface area contributed by atoms with E-state index in [-0.39, 0.29) is 13.2 Å². The highest BCUT2D eigenvalue weighted by atomic mass is 16.5. The van der Waals surface area contributed by atoms with Crippen LogP contribution >= 0.6 is 0 Å². The van der Waals surface area contributed by atoms with Gasteiger partial charge in [0.05, 0.1) is 6.61 Å². The van der Waals surface area contributed by atoms with E-state index in [9.17, 15) is 0 Å². The van der Waals surface area contributed by atoms with Crippen LogP contribution in [0.2, 0.25) is 0 Å². The molecule has 0 spiro atoms. The minimum absolute atomic E-state index is 0.00326. The van der Waals surface area contributed by atoms with Gasteiger partial charge in [-0.1, -0.05) is 0 Å². The van der Waals surface area contributed by atoms with E-state index < -0.39 is 0 Å². The number of fused-ring (bicyclic) bond motifs is 1. The van der Waals surface area contributed by atoms with E-state index >= 15 is 0 Å². The predicted molar refractivity (Wildman–Crippen MR) is 68.0 cm³/mol. The van der Waals surface area contributed by atoms with E-state index in [0.29, 0.717) is 5.71 Å². The molecule has 0 aliphatic heterocycles. The zero-order chi connectivity index (χ0) is 12.4. The van der Waals surface area contributed by atoms with Gasteiger partial charge in [0.15, 0.2) is 0 Å². The maximum atomic E-state index is 8.72. The molecule has 0 unspecified atom stereocenters. The highest BCUT2D eigenvalue weighted by Crippen LogP contribution is 2.25. The molecule has 0 radical (unpaired) electrons. The third-order valence-electron chi connectivity index (χ3n) is 2.72. The van der Waals surface area contributed by atoms with E-state index in [1.165, 1.54) is 0 Å². The van der Waals surface area contributed by atoms with E-state index in [4.69, 9.17) is 15.3 Å². The van der Waals surface area contributed by atoms with Crippen LogP contribution < -0.4 is 4.74 Å². The lowest BCUT2D eigenvalue weighted by Gasteiger charge is -2.05. The minimum atomic E-state index is 0.00326. The summed E-state index contributed by atoms with van der Waals surface area (Å²) in [6, 6.07) is 5.76. The molecule has 0 atom stereocenters. The van der Waals surface area contributed by atoms with Crippen molar-refractivity contribution in [1.29, 1.82) is 5.41 Å². The second-order valence-electron chi connectivity index (χ2n) is 4.03. The van der Waals surface area contributed by atoms with Crippen molar-refractivity contribution < 1.29 is 9.84 Å². The first-order valence-electron chi connectivity index (χ1n) is 5.51. The number of ether oxygens (including phenoxy) is 1. The van der Waals surface area contributed by atoms with Gasteiger partial charge in [0.1, 0.15) is 12.4 Å². The number of aliphatic hydroxyl groups is 1. The minimum Gasteiger partial charge on any atom is -0.491 e. The van der Waals surface area contributed by atoms with Crippen LogP contribution in [0.4, 0.5) is 0 Å². The fourth-order valence-electron chi connectivity index (χ4n) is 1.92. The zero-order valence-corrected chi connectivity index (χ0v) is 10.0. The molecule has 0 bridgehead atoms. The third-order valence-corrected chi connectivity index (χ3v) is 2.72. The van der Waals surface area contributed by atoms with E-state index in [0.717, 1.165) is 22.2 Å². The molecule has 0 saturated heterocycles. The van der Waals surface area contributed by atoms with Crippen LogP contribution in [0.25, 0.3) is 10.9 Å². The first kappa shape index (κ1) is 11.7. The molecule has 2 rings (SSSR count). The Morgan fingerprint density at radius 1 is 1.47 bits per heavy atom. The first-order chi connectivity index (χ1) is 8.13. The topological polar surface area (TPSA) is 58.2 Å². The van der Waals surface area contributed by atoms with Crippen LogP contribution in [0.1, 0.15) is 12.5 Å². The highest BCUT2D eigenvalue weighted by molar-refractivity contribution is 6.08. The Hall–Kier alpha value is -1.81. The molecule has 1 aromatic carbocycles. The van der Waals surface area contributed by atoms with Crippen LogP contribution in [-0.2, 0) is 7.05 Å². The summed E-state index contributed by atoms with van der Waals surface area (Å²) < 4.78 is 7.38. The molecule has 0 saturated carbocycles. The van der Waals surface area contributed by atoms with E-state index in [1.807, 2.05) is 36.0 Å². The number of nitrogens with zero attached hydrogens (tertiary/aromatic N) is 1. The Bertz CT molecular complexity index is 558. The van der Waals surface area contributed by atoms with Crippen molar-refractivity contribution in [3.8, 4) is 5.75 Å². The fraction of sp³-hybridized carbons (Fsp3) is 0.308. The van der Waals surface area contributed by atoms with Gasteiger partial charge >= 0.3 is 0 Å². The van der Waals surface area contributed by atoms with Gasteiger partial charge in [0.2, 0.25) is 0 Å². The monoisotopic (exact) mass is 232 g/mol. The number of rotatable bonds is 4. The van der Waals surface area contributed by atoms with Crippen LogP contribution in [0.5, 0.6) is 5.75 Å². The molecule has 1 heterocycles.